The van der Waals surface area contributed by atoms with Crippen molar-refractivity contribution >= 4 is 40.9 Å². The Hall–Kier alpha value is -2.18. The zero-order valence-corrected chi connectivity index (χ0v) is 14.7. The molecule has 2 atom stereocenters. The molecule has 1 heterocycles. The normalized spacial score (nSPS) is 21.6. The van der Waals surface area contributed by atoms with Crippen LogP contribution in [0.5, 0.6) is 0 Å². The predicted octanol–water partition coefficient (Wildman–Crippen LogP) is 3.84. The van der Waals surface area contributed by atoms with Crippen LogP contribution in [0.1, 0.15) is 30.9 Å². The van der Waals surface area contributed by atoms with Gasteiger partial charge in [0.25, 0.3) is 0 Å². The van der Waals surface area contributed by atoms with Crippen molar-refractivity contribution in [3.63, 3.8) is 0 Å². The van der Waals surface area contributed by atoms with E-state index in [9.17, 15) is 14.7 Å². The summed E-state index contributed by atoms with van der Waals surface area (Å²) in [5, 5.41) is 18.6. The summed E-state index contributed by atoms with van der Waals surface area (Å²) in [6.07, 6.45) is 7.74. The fraction of sp³-hybridized carbons (Fsp3) is 0.294. The minimum absolute atomic E-state index is 0.173. The third-order valence-electron chi connectivity index (χ3n) is 4.10. The van der Waals surface area contributed by atoms with Gasteiger partial charge in [-0.25, -0.2) is 9.59 Å². The zero-order chi connectivity index (χ0) is 18.0. The van der Waals surface area contributed by atoms with E-state index in [1.165, 1.54) is 0 Å². The molecule has 6 nitrogen and oxygen atoms in total. The summed E-state index contributed by atoms with van der Waals surface area (Å²) < 4.78 is 0. The second-order valence-electron chi connectivity index (χ2n) is 5.91. The number of hydrogen-bond donors (Lipinski definition) is 4. The molecule has 0 fully saturated rings. The van der Waals surface area contributed by atoms with Crippen LogP contribution in [0.4, 0.5) is 10.5 Å². The number of allylic oxidation sites excluding steroid dienone is 3. The van der Waals surface area contributed by atoms with Gasteiger partial charge in [0.05, 0.1) is 6.04 Å². The van der Waals surface area contributed by atoms with Crippen LogP contribution in [0.3, 0.4) is 0 Å². The molecule has 0 unspecified atom stereocenters. The van der Waals surface area contributed by atoms with Gasteiger partial charge in [0.1, 0.15) is 6.04 Å². The summed E-state index contributed by atoms with van der Waals surface area (Å²) in [5.41, 5.74) is 1.86. The smallest absolute Gasteiger partial charge is 0.326 e. The summed E-state index contributed by atoms with van der Waals surface area (Å²) in [4.78, 5) is 23.7. The summed E-state index contributed by atoms with van der Waals surface area (Å²) in [5.74, 6) is -1.01. The Morgan fingerprint density at radius 3 is 2.72 bits per heavy atom. The number of rotatable bonds is 3. The minimum atomic E-state index is -1.01. The lowest BCUT2D eigenvalue weighted by molar-refractivity contribution is -0.138. The van der Waals surface area contributed by atoms with Gasteiger partial charge in [0, 0.05) is 33.4 Å². The van der Waals surface area contributed by atoms with E-state index < -0.39 is 24.1 Å². The van der Waals surface area contributed by atoms with Gasteiger partial charge in [0.15, 0.2) is 0 Å². The fourth-order valence-electron chi connectivity index (χ4n) is 2.98. The largest absolute Gasteiger partial charge is 0.480 e. The number of amides is 2. The molecule has 8 heteroatoms. The first-order chi connectivity index (χ1) is 11.9. The van der Waals surface area contributed by atoms with E-state index in [2.05, 4.69) is 16.0 Å². The molecule has 2 amide bonds. The molecule has 0 spiro atoms. The third kappa shape index (κ3) is 4.08. The third-order valence-corrected chi connectivity index (χ3v) is 4.63. The van der Waals surface area contributed by atoms with Crippen LogP contribution in [0.2, 0.25) is 10.0 Å². The van der Waals surface area contributed by atoms with Crippen LogP contribution in [0, 0.1) is 0 Å². The van der Waals surface area contributed by atoms with Crippen LogP contribution in [0.25, 0.3) is 0 Å². The molecule has 2 aliphatic rings. The van der Waals surface area contributed by atoms with Gasteiger partial charge in [0.2, 0.25) is 0 Å². The van der Waals surface area contributed by atoms with Crippen molar-refractivity contribution in [1.29, 1.82) is 0 Å². The van der Waals surface area contributed by atoms with E-state index in [1.54, 1.807) is 12.1 Å². The Morgan fingerprint density at radius 2 is 2.04 bits per heavy atom. The Labute approximate surface area is 154 Å². The molecule has 1 aliphatic heterocycles. The molecule has 25 heavy (non-hydrogen) atoms. The van der Waals surface area contributed by atoms with Crippen LogP contribution in [-0.4, -0.2) is 23.1 Å². The van der Waals surface area contributed by atoms with Gasteiger partial charge in [-0.2, -0.15) is 0 Å². The number of anilines is 1. The van der Waals surface area contributed by atoms with Gasteiger partial charge in [-0.05, 0) is 31.1 Å². The van der Waals surface area contributed by atoms with Crippen molar-refractivity contribution < 1.29 is 14.7 Å². The minimum Gasteiger partial charge on any atom is -0.480 e. The average molecular weight is 382 g/mol. The number of hydrogen-bond acceptors (Lipinski definition) is 3. The Balaban J connectivity index is 1.82. The van der Waals surface area contributed by atoms with Crippen molar-refractivity contribution in [2.24, 2.45) is 0 Å². The van der Waals surface area contributed by atoms with Crippen LogP contribution in [-0.2, 0) is 4.79 Å². The highest BCUT2D eigenvalue weighted by molar-refractivity contribution is 6.35. The molecular formula is C17H17Cl2N3O3. The quantitative estimate of drug-likeness (QED) is 0.640. The highest BCUT2D eigenvalue weighted by Crippen LogP contribution is 2.39. The molecule has 1 aromatic rings. The van der Waals surface area contributed by atoms with Gasteiger partial charge < -0.3 is 21.1 Å². The van der Waals surface area contributed by atoms with Gasteiger partial charge in [-0.3, -0.25) is 0 Å². The molecule has 0 saturated heterocycles. The second kappa shape index (κ2) is 7.37. The van der Waals surface area contributed by atoms with E-state index in [-0.39, 0.29) is 6.42 Å². The molecule has 0 aromatic heterocycles. The lowest BCUT2D eigenvalue weighted by Gasteiger charge is -2.32. The number of aliphatic carboxylic acids is 1. The molecule has 4 N–H and O–H groups in total. The van der Waals surface area contributed by atoms with Crippen molar-refractivity contribution in [1.82, 2.24) is 10.6 Å². The highest BCUT2D eigenvalue weighted by atomic mass is 35.5. The van der Waals surface area contributed by atoms with Crippen LogP contribution in [0.15, 0.2) is 36.1 Å². The lowest BCUT2D eigenvalue weighted by atomic mass is 9.93. The molecule has 3 rings (SSSR count). The molecular weight excluding hydrogens is 365 g/mol. The molecule has 132 valence electrons. The van der Waals surface area contributed by atoms with E-state index in [0.29, 0.717) is 21.3 Å². The number of fused-ring (bicyclic) bond motifs is 1. The summed E-state index contributed by atoms with van der Waals surface area (Å²) in [7, 11) is 0. The molecule has 0 radical (unpaired) electrons. The van der Waals surface area contributed by atoms with Gasteiger partial charge in [-0.15, -0.1) is 0 Å². The number of carbonyl (C=O) groups excluding carboxylic acids is 1. The Kier molecular flexibility index (Phi) is 5.20. The summed E-state index contributed by atoms with van der Waals surface area (Å²) in [6, 6.07) is 1.38. The molecule has 1 aromatic carbocycles. The maximum absolute atomic E-state index is 12.3. The van der Waals surface area contributed by atoms with Crippen molar-refractivity contribution in [2.45, 2.75) is 31.3 Å². The van der Waals surface area contributed by atoms with Gasteiger partial charge >= 0.3 is 12.0 Å². The zero-order valence-electron chi connectivity index (χ0n) is 13.2. The number of carboxylic acids is 1. The standard InChI is InChI=1S/C17H17Cl2N3O3/c18-9-6-11(19)15-12(7-9)21-14(16(23)24)8-13(15)22-17(25)20-10-4-2-1-3-5-10/h2,4-7,13-14,21H,1,3,8H2,(H,23,24)(H2,20,22,25)/t13-,14+/m0/s1. The Bertz CT molecular complexity index is 777. The number of urea groups is 1. The fourth-order valence-corrected chi connectivity index (χ4v) is 3.61. The van der Waals surface area contributed by atoms with E-state index in [4.69, 9.17) is 23.2 Å². The van der Waals surface area contributed by atoms with E-state index >= 15 is 0 Å². The highest BCUT2D eigenvalue weighted by Gasteiger charge is 2.33. The second-order valence-corrected chi connectivity index (χ2v) is 6.75. The summed E-state index contributed by atoms with van der Waals surface area (Å²) in [6.45, 7) is 0. The molecule has 0 saturated carbocycles. The number of nitrogens with one attached hydrogen (secondary N) is 3. The number of carboxylic acid groups (broad SMARTS) is 1. The molecule has 0 bridgehead atoms. The molecule has 1 aliphatic carbocycles. The van der Waals surface area contributed by atoms with Crippen LogP contribution < -0.4 is 16.0 Å². The average Bonchev–Trinajstić information content (AvgIpc) is 2.54. The first-order valence-electron chi connectivity index (χ1n) is 7.86. The number of carbonyl (C=O) groups is 2. The monoisotopic (exact) mass is 381 g/mol. The topological polar surface area (TPSA) is 90.5 Å². The van der Waals surface area contributed by atoms with E-state index in [0.717, 1.165) is 18.5 Å². The number of benzene rings is 1. The predicted molar refractivity (Wildman–Crippen MR) is 97.0 cm³/mol. The van der Waals surface area contributed by atoms with Crippen LogP contribution >= 0.6 is 23.2 Å². The summed E-state index contributed by atoms with van der Waals surface area (Å²) >= 11 is 12.3. The SMILES string of the molecule is O=C(NC1=CCCC=C1)N[C@H]1C[C@H](C(=O)O)Nc2cc(Cl)cc(Cl)c21. The maximum Gasteiger partial charge on any atom is 0.326 e. The maximum atomic E-state index is 12.3. The van der Waals surface area contributed by atoms with Crippen molar-refractivity contribution in [2.75, 3.05) is 5.32 Å². The lowest BCUT2D eigenvalue weighted by Crippen LogP contribution is -2.44. The van der Waals surface area contributed by atoms with E-state index in [1.807, 2.05) is 18.2 Å². The number of halogens is 2. The van der Waals surface area contributed by atoms with Crippen molar-refractivity contribution in [3.05, 3.63) is 51.7 Å². The Morgan fingerprint density at radius 1 is 1.24 bits per heavy atom. The van der Waals surface area contributed by atoms with Crippen molar-refractivity contribution in [3.8, 4) is 0 Å². The first kappa shape index (κ1) is 17.6. The van der Waals surface area contributed by atoms with Gasteiger partial charge in [-0.1, -0.05) is 35.4 Å². The first-order valence-corrected chi connectivity index (χ1v) is 8.62.